The Morgan fingerprint density at radius 1 is 1.40 bits per heavy atom. The van der Waals surface area contributed by atoms with E-state index in [2.05, 4.69) is 16.7 Å². The van der Waals surface area contributed by atoms with Gasteiger partial charge in [-0.15, -0.1) is 0 Å². The lowest BCUT2D eigenvalue weighted by molar-refractivity contribution is -0.139. The second-order valence-electron chi connectivity index (χ2n) is 4.11. The van der Waals surface area contributed by atoms with Crippen LogP contribution in [0.5, 0.6) is 0 Å². The Morgan fingerprint density at radius 2 is 2.20 bits per heavy atom. The fraction of sp³-hybridized carbons (Fsp3) is 0.364. The SMILES string of the molecule is O=C(O)[C@@H]1C[C@@H]2c3ccccc3N[C@@H]2N1. The van der Waals surface area contributed by atoms with Crippen LogP contribution in [-0.2, 0) is 4.79 Å². The fourth-order valence-electron chi connectivity index (χ4n) is 2.53. The van der Waals surface area contributed by atoms with Crippen LogP contribution in [0.15, 0.2) is 24.3 Å². The smallest absolute Gasteiger partial charge is 0.320 e. The molecule has 1 aromatic rings. The number of hydrogen-bond acceptors (Lipinski definition) is 3. The highest BCUT2D eigenvalue weighted by Crippen LogP contribution is 2.41. The second-order valence-corrected chi connectivity index (χ2v) is 4.11. The molecule has 0 spiro atoms. The minimum absolute atomic E-state index is 0.0866. The molecule has 0 radical (unpaired) electrons. The first-order chi connectivity index (χ1) is 7.25. The molecule has 4 heteroatoms. The molecule has 2 aliphatic rings. The van der Waals surface area contributed by atoms with Gasteiger partial charge in [-0.05, 0) is 18.1 Å². The third-order valence-electron chi connectivity index (χ3n) is 3.24. The molecule has 0 amide bonds. The molecule has 2 aliphatic heterocycles. The van der Waals surface area contributed by atoms with Gasteiger partial charge in [-0.1, -0.05) is 18.2 Å². The predicted molar refractivity (Wildman–Crippen MR) is 55.8 cm³/mol. The Labute approximate surface area is 87.3 Å². The average molecular weight is 204 g/mol. The van der Waals surface area contributed by atoms with Crippen molar-refractivity contribution in [1.29, 1.82) is 0 Å². The molecular weight excluding hydrogens is 192 g/mol. The van der Waals surface area contributed by atoms with Crippen molar-refractivity contribution in [1.82, 2.24) is 5.32 Å². The van der Waals surface area contributed by atoms with E-state index in [1.807, 2.05) is 18.2 Å². The van der Waals surface area contributed by atoms with Gasteiger partial charge < -0.3 is 10.4 Å². The number of nitrogens with one attached hydrogen (secondary N) is 2. The summed E-state index contributed by atoms with van der Waals surface area (Å²) < 4.78 is 0. The van der Waals surface area contributed by atoms with Gasteiger partial charge in [-0.25, -0.2) is 0 Å². The third kappa shape index (κ3) is 1.22. The number of carboxylic acid groups (broad SMARTS) is 1. The average Bonchev–Trinajstić information content (AvgIpc) is 2.73. The van der Waals surface area contributed by atoms with Crippen molar-refractivity contribution in [3.63, 3.8) is 0 Å². The molecule has 0 aromatic heterocycles. The largest absolute Gasteiger partial charge is 0.480 e. The van der Waals surface area contributed by atoms with E-state index in [0.29, 0.717) is 12.3 Å². The summed E-state index contributed by atoms with van der Waals surface area (Å²) in [6.45, 7) is 0. The zero-order chi connectivity index (χ0) is 10.4. The van der Waals surface area contributed by atoms with E-state index in [1.54, 1.807) is 0 Å². The highest BCUT2D eigenvalue weighted by Gasteiger charge is 2.42. The van der Waals surface area contributed by atoms with Crippen molar-refractivity contribution in [2.75, 3.05) is 5.32 Å². The van der Waals surface area contributed by atoms with E-state index in [4.69, 9.17) is 5.11 Å². The van der Waals surface area contributed by atoms with E-state index >= 15 is 0 Å². The van der Waals surface area contributed by atoms with Crippen LogP contribution in [0.4, 0.5) is 5.69 Å². The number of aliphatic carboxylic acids is 1. The highest BCUT2D eigenvalue weighted by atomic mass is 16.4. The Balaban J connectivity index is 1.91. The lowest BCUT2D eigenvalue weighted by atomic mass is 9.96. The summed E-state index contributed by atoms with van der Waals surface area (Å²) >= 11 is 0. The molecule has 1 saturated heterocycles. The van der Waals surface area contributed by atoms with Gasteiger partial charge in [0, 0.05) is 11.6 Å². The van der Waals surface area contributed by atoms with Crippen LogP contribution in [0, 0.1) is 0 Å². The Hall–Kier alpha value is -1.55. The third-order valence-corrected chi connectivity index (χ3v) is 3.24. The number of rotatable bonds is 1. The van der Waals surface area contributed by atoms with Gasteiger partial charge in [0.05, 0.1) is 6.17 Å². The topological polar surface area (TPSA) is 61.4 Å². The van der Waals surface area contributed by atoms with Crippen molar-refractivity contribution >= 4 is 11.7 Å². The van der Waals surface area contributed by atoms with Gasteiger partial charge >= 0.3 is 5.97 Å². The number of carboxylic acids is 1. The zero-order valence-corrected chi connectivity index (χ0v) is 8.10. The molecule has 78 valence electrons. The van der Waals surface area contributed by atoms with Crippen molar-refractivity contribution in [3.8, 4) is 0 Å². The van der Waals surface area contributed by atoms with E-state index in [1.165, 1.54) is 5.56 Å². The van der Waals surface area contributed by atoms with Crippen LogP contribution < -0.4 is 10.6 Å². The summed E-state index contributed by atoms with van der Waals surface area (Å²) in [6, 6.07) is 7.67. The molecule has 0 bridgehead atoms. The second kappa shape index (κ2) is 2.97. The maximum absolute atomic E-state index is 10.9. The summed E-state index contributed by atoms with van der Waals surface area (Å²) in [4.78, 5) is 10.9. The minimum Gasteiger partial charge on any atom is -0.480 e. The maximum atomic E-state index is 10.9. The number of hydrogen-bond donors (Lipinski definition) is 3. The molecule has 2 heterocycles. The van der Waals surface area contributed by atoms with Crippen LogP contribution in [0.3, 0.4) is 0 Å². The van der Waals surface area contributed by atoms with Crippen LogP contribution in [0.25, 0.3) is 0 Å². The molecule has 0 unspecified atom stereocenters. The van der Waals surface area contributed by atoms with Gasteiger partial charge in [0.15, 0.2) is 0 Å². The molecule has 1 fully saturated rings. The predicted octanol–water partition coefficient (Wildman–Crippen LogP) is 0.968. The molecule has 0 aliphatic carbocycles. The zero-order valence-electron chi connectivity index (χ0n) is 8.10. The first-order valence-corrected chi connectivity index (χ1v) is 5.10. The van der Waals surface area contributed by atoms with Gasteiger partial charge in [0.25, 0.3) is 0 Å². The van der Waals surface area contributed by atoms with E-state index < -0.39 is 12.0 Å². The quantitative estimate of drug-likeness (QED) is 0.638. The van der Waals surface area contributed by atoms with Crippen LogP contribution >= 0.6 is 0 Å². The lowest BCUT2D eigenvalue weighted by Crippen LogP contribution is -2.38. The summed E-state index contributed by atoms with van der Waals surface area (Å²) in [5, 5.41) is 15.3. The molecule has 3 rings (SSSR count). The summed E-state index contributed by atoms with van der Waals surface area (Å²) in [6.07, 6.45) is 0.757. The molecule has 15 heavy (non-hydrogen) atoms. The monoisotopic (exact) mass is 204 g/mol. The number of fused-ring (bicyclic) bond motifs is 3. The maximum Gasteiger partial charge on any atom is 0.320 e. The lowest BCUT2D eigenvalue weighted by Gasteiger charge is -2.10. The van der Waals surface area contributed by atoms with Gasteiger partial charge in [-0.3, -0.25) is 10.1 Å². The molecular formula is C11H12N2O2. The van der Waals surface area contributed by atoms with E-state index in [9.17, 15) is 4.79 Å². The molecule has 4 nitrogen and oxygen atoms in total. The summed E-state index contributed by atoms with van der Waals surface area (Å²) in [5.41, 5.74) is 2.36. The normalized spacial score (nSPS) is 31.9. The number of carbonyl (C=O) groups is 1. The Morgan fingerprint density at radius 3 is 3.00 bits per heavy atom. The number of benzene rings is 1. The van der Waals surface area contributed by atoms with Crippen molar-refractivity contribution in [3.05, 3.63) is 29.8 Å². The molecule has 3 N–H and O–H groups in total. The fourth-order valence-corrected chi connectivity index (χ4v) is 2.53. The van der Waals surface area contributed by atoms with Gasteiger partial charge in [0.2, 0.25) is 0 Å². The standard InChI is InChI=1S/C11H12N2O2/c14-11(15)9-5-7-6-3-1-2-4-8(6)12-10(7)13-9/h1-4,7,9-10,12-13H,5H2,(H,14,15)/t7-,9+,10-/m1/s1. The summed E-state index contributed by atoms with van der Waals surface area (Å²) in [7, 11) is 0. The van der Waals surface area contributed by atoms with Crippen molar-refractivity contribution in [2.45, 2.75) is 24.5 Å². The van der Waals surface area contributed by atoms with Gasteiger partial charge in [0.1, 0.15) is 6.04 Å². The first-order valence-electron chi connectivity index (χ1n) is 5.10. The van der Waals surface area contributed by atoms with E-state index in [0.717, 1.165) is 5.69 Å². The van der Waals surface area contributed by atoms with Crippen LogP contribution in [0.2, 0.25) is 0 Å². The Bertz CT molecular complexity index is 419. The number of anilines is 1. The number of para-hydroxylation sites is 1. The molecule has 0 saturated carbocycles. The van der Waals surface area contributed by atoms with E-state index in [-0.39, 0.29) is 6.17 Å². The van der Waals surface area contributed by atoms with Gasteiger partial charge in [-0.2, -0.15) is 0 Å². The van der Waals surface area contributed by atoms with Crippen LogP contribution in [0.1, 0.15) is 17.9 Å². The molecule has 3 atom stereocenters. The van der Waals surface area contributed by atoms with Crippen molar-refractivity contribution in [2.24, 2.45) is 0 Å². The van der Waals surface area contributed by atoms with Crippen molar-refractivity contribution < 1.29 is 9.90 Å². The van der Waals surface area contributed by atoms with Crippen LogP contribution in [-0.4, -0.2) is 23.3 Å². The minimum atomic E-state index is -0.760. The molecule has 1 aromatic carbocycles. The first kappa shape index (κ1) is 8.73. The highest BCUT2D eigenvalue weighted by molar-refractivity contribution is 5.75. The summed E-state index contributed by atoms with van der Waals surface area (Å²) in [5.74, 6) is -0.467. The Kier molecular flexibility index (Phi) is 1.73.